The molecule has 1 spiro atoms. The summed E-state index contributed by atoms with van der Waals surface area (Å²) in [6, 6.07) is 7.28. The molecule has 1 amide bonds. The molecule has 2 unspecified atom stereocenters. The van der Waals surface area contributed by atoms with Crippen LogP contribution in [0.25, 0.3) is 0 Å². The van der Waals surface area contributed by atoms with Crippen LogP contribution in [-0.2, 0) is 11.3 Å². The smallest absolute Gasteiger partial charge is 0.335 e. The number of likely N-dealkylation sites (tertiary alicyclic amines) is 1. The molecule has 140 valence electrons. The van der Waals surface area contributed by atoms with Crippen LogP contribution in [0.4, 0.5) is 0 Å². The van der Waals surface area contributed by atoms with E-state index in [9.17, 15) is 14.7 Å². The van der Waals surface area contributed by atoms with E-state index < -0.39 is 5.97 Å². The molecule has 26 heavy (non-hydrogen) atoms. The summed E-state index contributed by atoms with van der Waals surface area (Å²) in [5, 5.41) is 19.2. The van der Waals surface area contributed by atoms with E-state index in [2.05, 4.69) is 9.80 Å². The number of benzene rings is 1. The molecule has 4 rings (SSSR count). The third-order valence-corrected chi connectivity index (χ3v) is 5.98. The van der Waals surface area contributed by atoms with Crippen LogP contribution in [-0.4, -0.2) is 87.2 Å². The number of aliphatic hydroxyl groups is 1. The summed E-state index contributed by atoms with van der Waals surface area (Å²) in [5.74, 6) is -0.816. The van der Waals surface area contributed by atoms with Crippen molar-refractivity contribution in [1.82, 2.24) is 14.7 Å². The van der Waals surface area contributed by atoms with E-state index in [-0.39, 0.29) is 23.6 Å². The molecule has 0 bridgehead atoms. The fraction of sp³-hybridized carbons (Fsp3) is 0.579. The van der Waals surface area contributed by atoms with E-state index in [4.69, 9.17) is 5.11 Å². The number of aromatic carboxylic acids is 1. The summed E-state index contributed by atoms with van der Waals surface area (Å²) in [7, 11) is 0. The number of rotatable bonds is 3. The van der Waals surface area contributed by atoms with E-state index in [1.165, 1.54) is 0 Å². The van der Waals surface area contributed by atoms with Gasteiger partial charge in [-0.2, -0.15) is 0 Å². The lowest BCUT2D eigenvalue weighted by Gasteiger charge is -2.61. The van der Waals surface area contributed by atoms with Crippen molar-refractivity contribution in [3.05, 3.63) is 35.4 Å². The molecule has 0 aromatic heterocycles. The second-order valence-electron chi connectivity index (χ2n) is 7.97. The number of β-amino-alcohol motifs (C(OH)–C–C–N with tert-alkyl or cyclic N) is 1. The zero-order chi connectivity index (χ0) is 18.5. The van der Waals surface area contributed by atoms with Crippen molar-refractivity contribution in [3.63, 3.8) is 0 Å². The summed E-state index contributed by atoms with van der Waals surface area (Å²) in [6.07, 6.45) is 0.414. The Labute approximate surface area is 152 Å². The van der Waals surface area contributed by atoms with Crippen molar-refractivity contribution < 1.29 is 19.8 Å². The third-order valence-electron chi connectivity index (χ3n) is 5.98. The van der Waals surface area contributed by atoms with Crippen LogP contribution >= 0.6 is 0 Å². The number of amides is 1. The number of carboxylic acid groups (broad SMARTS) is 1. The van der Waals surface area contributed by atoms with E-state index in [0.29, 0.717) is 31.7 Å². The van der Waals surface area contributed by atoms with Gasteiger partial charge in [0.05, 0.1) is 17.2 Å². The Morgan fingerprint density at radius 2 is 2.00 bits per heavy atom. The van der Waals surface area contributed by atoms with Gasteiger partial charge >= 0.3 is 5.97 Å². The predicted octanol–water partition coefficient (Wildman–Crippen LogP) is 0.237. The summed E-state index contributed by atoms with van der Waals surface area (Å²) in [5.41, 5.74) is 1.20. The van der Waals surface area contributed by atoms with Crippen LogP contribution in [0.15, 0.2) is 24.3 Å². The van der Waals surface area contributed by atoms with Gasteiger partial charge in [-0.25, -0.2) is 4.79 Å². The number of aliphatic hydroxyl groups excluding tert-OH is 1. The van der Waals surface area contributed by atoms with Gasteiger partial charge in [-0.05, 0) is 24.1 Å². The molecular formula is C19H25N3O4. The van der Waals surface area contributed by atoms with Gasteiger partial charge in [-0.3, -0.25) is 14.6 Å². The topological polar surface area (TPSA) is 84.3 Å². The molecule has 2 atom stereocenters. The zero-order valence-electron chi connectivity index (χ0n) is 15.0. The molecule has 0 saturated carbocycles. The van der Waals surface area contributed by atoms with Gasteiger partial charge < -0.3 is 15.1 Å². The lowest BCUT2D eigenvalue weighted by molar-refractivity contribution is -0.149. The highest BCUT2D eigenvalue weighted by molar-refractivity contribution is 5.87. The zero-order valence-corrected chi connectivity index (χ0v) is 15.0. The van der Waals surface area contributed by atoms with Crippen LogP contribution in [0.2, 0.25) is 0 Å². The minimum Gasteiger partial charge on any atom is -0.478 e. The van der Waals surface area contributed by atoms with Crippen LogP contribution < -0.4 is 0 Å². The maximum Gasteiger partial charge on any atom is 0.335 e. The van der Waals surface area contributed by atoms with Crippen LogP contribution in [0, 0.1) is 0 Å². The number of carbonyl (C=O) groups excluding carboxylic acids is 1. The Bertz CT molecular complexity index is 731. The number of fused-ring (bicyclic) bond motifs is 2. The first kappa shape index (κ1) is 17.5. The molecule has 1 aromatic carbocycles. The molecular weight excluding hydrogens is 334 g/mol. The molecule has 2 N–H and O–H groups in total. The van der Waals surface area contributed by atoms with Crippen molar-refractivity contribution >= 4 is 11.9 Å². The minimum atomic E-state index is -0.912. The summed E-state index contributed by atoms with van der Waals surface area (Å²) < 4.78 is 0. The highest BCUT2D eigenvalue weighted by Gasteiger charge is 2.56. The number of piperazine rings is 1. The van der Waals surface area contributed by atoms with E-state index >= 15 is 0 Å². The molecule has 3 fully saturated rings. The molecule has 0 radical (unpaired) electrons. The molecule has 7 heteroatoms. The largest absolute Gasteiger partial charge is 0.478 e. The quantitative estimate of drug-likeness (QED) is 0.804. The maximum atomic E-state index is 11.9. The summed E-state index contributed by atoms with van der Waals surface area (Å²) >= 11 is 0. The summed E-state index contributed by atoms with van der Waals surface area (Å²) in [6.45, 7) is 6.06. The monoisotopic (exact) mass is 359 g/mol. The molecule has 3 saturated heterocycles. The highest BCUT2D eigenvalue weighted by atomic mass is 16.4. The molecule has 3 heterocycles. The van der Waals surface area contributed by atoms with E-state index in [0.717, 1.165) is 25.1 Å². The fourth-order valence-electron chi connectivity index (χ4n) is 4.89. The SMILES string of the molecule is CC(=O)N1CC2CC(O)CN2C2(CN(Cc3cccc(C(=O)O)c3)C2)C1. The number of nitrogens with zero attached hydrogens (tertiary/aromatic N) is 3. The van der Waals surface area contributed by atoms with Gasteiger partial charge in [0.25, 0.3) is 0 Å². The van der Waals surface area contributed by atoms with Gasteiger partial charge in [0, 0.05) is 52.2 Å². The fourth-order valence-corrected chi connectivity index (χ4v) is 4.89. The normalized spacial score (nSPS) is 28.0. The molecule has 3 aliphatic rings. The summed E-state index contributed by atoms with van der Waals surface area (Å²) in [4.78, 5) is 29.7. The first-order chi connectivity index (χ1) is 12.4. The average molecular weight is 359 g/mol. The molecule has 7 nitrogen and oxygen atoms in total. The Morgan fingerprint density at radius 3 is 2.69 bits per heavy atom. The second-order valence-corrected chi connectivity index (χ2v) is 7.97. The Morgan fingerprint density at radius 1 is 1.23 bits per heavy atom. The number of hydrogen-bond acceptors (Lipinski definition) is 5. The van der Waals surface area contributed by atoms with Gasteiger partial charge in [0.15, 0.2) is 0 Å². The minimum absolute atomic E-state index is 0.0868. The number of hydrogen-bond donors (Lipinski definition) is 2. The van der Waals surface area contributed by atoms with E-state index in [1.54, 1.807) is 25.1 Å². The molecule has 1 aromatic rings. The highest BCUT2D eigenvalue weighted by Crippen LogP contribution is 2.39. The van der Waals surface area contributed by atoms with Crippen molar-refractivity contribution in [3.8, 4) is 0 Å². The van der Waals surface area contributed by atoms with Crippen molar-refractivity contribution in [2.24, 2.45) is 0 Å². The Balaban J connectivity index is 1.46. The van der Waals surface area contributed by atoms with Gasteiger partial charge in [0.2, 0.25) is 5.91 Å². The number of carbonyl (C=O) groups is 2. The Hall–Kier alpha value is -1.96. The lowest BCUT2D eigenvalue weighted by atomic mass is 9.83. The van der Waals surface area contributed by atoms with Crippen LogP contribution in [0.3, 0.4) is 0 Å². The lowest BCUT2D eigenvalue weighted by Crippen LogP contribution is -2.78. The Kier molecular flexibility index (Phi) is 4.25. The first-order valence-corrected chi connectivity index (χ1v) is 9.11. The van der Waals surface area contributed by atoms with Crippen molar-refractivity contribution in [1.29, 1.82) is 0 Å². The predicted molar refractivity (Wildman–Crippen MR) is 94.8 cm³/mol. The third kappa shape index (κ3) is 3.00. The molecule has 3 aliphatic heterocycles. The van der Waals surface area contributed by atoms with Gasteiger partial charge in [0.1, 0.15) is 0 Å². The van der Waals surface area contributed by atoms with Crippen molar-refractivity contribution in [2.45, 2.75) is 37.6 Å². The number of carboxylic acids is 1. The van der Waals surface area contributed by atoms with Gasteiger partial charge in [-0.15, -0.1) is 0 Å². The van der Waals surface area contributed by atoms with Crippen LogP contribution in [0.1, 0.15) is 29.3 Å². The standard InChI is InChI=1S/C19H25N3O4/c1-13(23)21-8-16-6-17(24)9-22(16)19(12-21)10-20(11-19)7-14-3-2-4-15(5-14)18(25)26/h2-5,16-17,24H,6-12H2,1H3,(H,25,26). The maximum absolute atomic E-state index is 11.9. The average Bonchev–Trinajstić information content (AvgIpc) is 2.94. The van der Waals surface area contributed by atoms with Crippen LogP contribution in [0.5, 0.6) is 0 Å². The second kappa shape index (κ2) is 6.33. The molecule has 0 aliphatic carbocycles. The van der Waals surface area contributed by atoms with E-state index in [1.807, 2.05) is 11.0 Å². The van der Waals surface area contributed by atoms with Crippen molar-refractivity contribution in [2.75, 3.05) is 32.7 Å². The first-order valence-electron chi connectivity index (χ1n) is 9.11. The van der Waals surface area contributed by atoms with Gasteiger partial charge in [-0.1, -0.05) is 12.1 Å².